The summed E-state index contributed by atoms with van der Waals surface area (Å²) in [5.41, 5.74) is 1.34. The normalized spacial score (nSPS) is 12.4. The van der Waals surface area contributed by atoms with Crippen molar-refractivity contribution in [3.05, 3.63) is 70.2 Å². The van der Waals surface area contributed by atoms with E-state index < -0.39 is 17.6 Å². The van der Waals surface area contributed by atoms with E-state index in [-0.39, 0.29) is 16.8 Å². The first-order valence-corrected chi connectivity index (χ1v) is 7.17. The zero-order valence-electron chi connectivity index (χ0n) is 12.5. The molecule has 0 saturated carbocycles. The minimum atomic E-state index is -4.54. The molecule has 2 rings (SSSR count). The van der Waals surface area contributed by atoms with Gasteiger partial charge in [0, 0.05) is 16.1 Å². The molecule has 2 N–H and O–H groups in total. The number of nitrogens with zero attached hydrogens (tertiary/aromatic N) is 2. The van der Waals surface area contributed by atoms with Gasteiger partial charge in [0.1, 0.15) is 5.71 Å². The van der Waals surface area contributed by atoms with Gasteiger partial charge in [-0.2, -0.15) is 18.3 Å². The highest BCUT2D eigenvalue weighted by Gasteiger charge is 2.30. The molecule has 0 saturated heterocycles. The Morgan fingerprint density at radius 1 is 1.12 bits per heavy atom. The van der Waals surface area contributed by atoms with Crippen LogP contribution in [0.25, 0.3) is 0 Å². The van der Waals surface area contributed by atoms with Crippen LogP contribution in [0.2, 0.25) is 5.02 Å². The molecule has 0 radical (unpaired) electrons. The fourth-order valence-electron chi connectivity index (χ4n) is 1.88. The van der Waals surface area contributed by atoms with Crippen molar-refractivity contribution in [3.63, 3.8) is 0 Å². The Bertz CT molecular complexity index is 835. The standard InChI is InChI=1S/C16H11ClF3N3O2/c17-13-6-2-4-11(8-13)15(24)23-22-14(9-21-25)10-3-1-5-12(7-10)16(18,19)20/h1-9,25H,(H,23,24). The molecule has 0 aliphatic rings. The predicted molar refractivity (Wildman–Crippen MR) is 87.2 cm³/mol. The molecule has 25 heavy (non-hydrogen) atoms. The molecular formula is C16H11ClF3N3O2. The summed E-state index contributed by atoms with van der Waals surface area (Å²) in [5.74, 6) is -0.627. The van der Waals surface area contributed by atoms with Crippen LogP contribution in [0.4, 0.5) is 13.2 Å². The van der Waals surface area contributed by atoms with Crippen LogP contribution in [-0.2, 0) is 6.18 Å². The summed E-state index contributed by atoms with van der Waals surface area (Å²) in [6, 6.07) is 10.3. The average molecular weight is 370 g/mol. The highest BCUT2D eigenvalue weighted by atomic mass is 35.5. The van der Waals surface area contributed by atoms with Gasteiger partial charge in [0.05, 0.1) is 11.8 Å². The lowest BCUT2D eigenvalue weighted by molar-refractivity contribution is -0.137. The summed E-state index contributed by atoms with van der Waals surface area (Å²) in [4.78, 5) is 12.0. The van der Waals surface area contributed by atoms with Crippen molar-refractivity contribution < 1.29 is 23.2 Å². The Morgan fingerprint density at radius 3 is 2.44 bits per heavy atom. The van der Waals surface area contributed by atoms with Crippen LogP contribution < -0.4 is 5.43 Å². The second kappa shape index (κ2) is 7.80. The number of hydrogen-bond donors (Lipinski definition) is 2. The number of carbonyl (C=O) groups is 1. The van der Waals surface area contributed by atoms with Crippen molar-refractivity contribution in [2.45, 2.75) is 6.18 Å². The first-order chi connectivity index (χ1) is 11.8. The number of nitrogens with one attached hydrogen (secondary N) is 1. The molecule has 2 aromatic rings. The maximum absolute atomic E-state index is 12.8. The Kier molecular flexibility index (Phi) is 5.76. The third-order valence-electron chi connectivity index (χ3n) is 3.03. The van der Waals surface area contributed by atoms with Gasteiger partial charge in [0.2, 0.25) is 0 Å². The molecule has 0 aliphatic heterocycles. The number of halogens is 4. The van der Waals surface area contributed by atoms with E-state index in [9.17, 15) is 18.0 Å². The van der Waals surface area contributed by atoms with Gasteiger partial charge in [-0.05, 0) is 30.3 Å². The van der Waals surface area contributed by atoms with Crippen LogP contribution >= 0.6 is 11.6 Å². The van der Waals surface area contributed by atoms with Gasteiger partial charge in [-0.1, -0.05) is 35.0 Å². The Balaban J connectivity index is 2.29. The van der Waals surface area contributed by atoms with Crippen molar-refractivity contribution in [2.75, 3.05) is 0 Å². The summed E-state index contributed by atoms with van der Waals surface area (Å²) in [7, 11) is 0. The molecule has 0 aliphatic carbocycles. The Morgan fingerprint density at radius 2 is 1.80 bits per heavy atom. The smallest absolute Gasteiger partial charge is 0.411 e. The monoisotopic (exact) mass is 369 g/mol. The number of amides is 1. The largest absolute Gasteiger partial charge is 0.416 e. The summed E-state index contributed by atoms with van der Waals surface area (Å²) in [5, 5.41) is 15.5. The molecule has 5 nitrogen and oxygen atoms in total. The molecular weight excluding hydrogens is 359 g/mol. The van der Waals surface area contributed by atoms with Crippen LogP contribution in [0.3, 0.4) is 0 Å². The van der Waals surface area contributed by atoms with Crippen LogP contribution in [0.15, 0.2) is 58.8 Å². The van der Waals surface area contributed by atoms with E-state index in [1.165, 1.54) is 24.3 Å². The maximum Gasteiger partial charge on any atom is 0.416 e. The molecule has 0 unspecified atom stereocenters. The lowest BCUT2D eigenvalue weighted by atomic mass is 10.1. The zero-order valence-corrected chi connectivity index (χ0v) is 13.2. The fourth-order valence-corrected chi connectivity index (χ4v) is 2.07. The van der Waals surface area contributed by atoms with E-state index in [2.05, 4.69) is 15.7 Å². The number of hydrazone groups is 1. The minimum Gasteiger partial charge on any atom is -0.411 e. The van der Waals surface area contributed by atoms with Crippen molar-refractivity contribution in [1.82, 2.24) is 5.43 Å². The third-order valence-corrected chi connectivity index (χ3v) is 3.27. The molecule has 0 heterocycles. The quantitative estimate of drug-likeness (QED) is 0.486. The summed E-state index contributed by atoms with van der Waals surface area (Å²) < 4.78 is 38.4. The maximum atomic E-state index is 12.8. The number of benzene rings is 2. The molecule has 130 valence electrons. The number of alkyl halides is 3. The van der Waals surface area contributed by atoms with Crippen molar-refractivity contribution in [1.29, 1.82) is 0 Å². The molecule has 9 heteroatoms. The van der Waals surface area contributed by atoms with Gasteiger partial charge in [-0.15, -0.1) is 0 Å². The molecule has 1 amide bonds. The SMILES string of the molecule is O=C(NN=C(C=NO)c1cccc(C(F)(F)F)c1)c1cccc(Cl)c1. The van der Waals surface area contributed by atoms with E-state index in [1.54, 1.807) is 12.1 Å². The van der Waals surface area contributed by atoms with Crippen LogP contribution in [0.5, 0.6) is 0 Å². The second-order valence-electron chi connectivity index (χ2n) is 4.77. The van der Waals surface area contributed by atoms with Crippen LogP contribution in [0, 0.1) is 0 Å². The Hall–Kier alpha value is -2.87. The second-order valence-corrected chi connectivity index (χ2v) is 5.21. The lowest BCUT2D eigenvalue weighted by Crippen LogP contribution is -2.21. The first kappa shape index (κ1) is 18.5. The highest BCUT2D eigenvalue weighted by molar-refractivity contribution is 6.38. The molecule has 0 bridgehead atoms. The summed E-state index contributed by atoms with van der Waals surface area (Å²) >= 11 is 5.78. The number of carbonyl (C=O) groups excluding carboxylic acids is 1. The molecule has 0 spiro atoms. The highest BCUT2D eigenvalue weighted by Crippen LogP contribution is 2.29. The molecule has 2 aromatic carbocycles. The van der Waals surface area contributed by atoms with Crippen molar-refractivity contribution in [2.24, 2.45) is 10.3 Å². The summed E-state index contributed by atoms with van der Waals surface area (Å²) in [6.45, 7) is 0. The molecule has 0 fully saturated rings. The zero-order chi connectivity index (χ0) is 18.4. The van der Waals surface area contributed by atoms with E-state index >= 15 is 0 Å². The van der Waals surface area contributed by atoms with Gasteiger partial charge in [-0.3, -0.25) is 4.79 Å². The number of hydrogen-bond acceptors (Lipinski definition) is 4. The van der Waals surface area contributed by atoms with Crippen molar-refractivity contribution in [3.8, 4) is 0 Å². The van der Waals surface area contributed by atoms with Gasteiger partial charge < -0.3 is 5.21 Å². The van der Waals surface area contributed by atoms with E-state index in [0.717, 1.165) is 18.3 Å². The van der Waals surface area contributed by atoms with E-state index in [4.69, 9.17) is 16.8 Å². The minimum absolute atomic E-state index is 0.0130. The summed E-state index contributed by atoms with van der Waals surface area (Å²) in [6.07, 6.45) is -3.73. The number of rotatable bonds is 4. The Labute approximate surface area is 145 Å². The molecule has 0 aromatic heterocycles. The fraction of sp³-hybridized carbons (Fsp3) is 0.0625. The lowest BCUT2D eigenvalue weighted by Gasteiger charge is -2.08. The predicted octanol–water partition coefficient (Wildman–Crippen LogP) is 3.95. The van der Waals surface area contributed by atoms with Gasteiger partial charge in [-0.25, -0.2) is 5.43 Å². The van der Waals surface area contributed by atoms with Crippen molar-refractivity contribution >= 4 is 29.4 Å². The topological polar surface area (TPSA) is 74.0 Å². The third kappa shape index (κ3) is 5.05. The first-order valence-electron chi connectivity index (χ1n) is 6.80. The van der Waals surface area contributed by atoms with Gasteiger partial charge in [0.25, 0.3) is 5.91 Å². The van der Waals surface area contributed by atoms with E-state index in [0.29, 0.717) is 5.02 Å². The molecule has 0 atom stereocenters. The van der Waals surface area contributed by atoms with Gasteiger partial charge >= 0.3 is 6.18 Å². The average Bonchev–Trinajstić information content (AvgIpc) is 2.57. The number of oxime groups is 1. The van der Waals surface area contributed by atoms with Crippen LogP contribution in [0.1, 0.15) is 21.5 Å². The van der Waals surface area contributed by atoms with Gasteiger partial charge in [0.15, 0.2) is 0 Å². The van der Waals surface area contributed by atoms with E-state index in [1.807, 2.05) is 0 Å². The van der Waals surface area contributed by atoms with Crippen LogP contribution in [-0.4, -0.2) is 23.0 Å².